The molecule has 0 saturated carbocycles. The van der Waals surface area contributed by atoms with Crippen LogP contribution in [0.5, 0.6) is 0 Å². The molecule has 0 aliphatic carbocycles. The van der Waals surface area contributed by atoms with Gasteiger partial charge in [-0.25, -0.2) is 4.79 Å². The molecule has 0 radical (unpaired) electrons. The van der Waals surface area contributed by atoms with Crippen molar-refractivity contribution in [2.24, 2.45) is 11.8 Å². The van der Waals surface area contributed by atoms with Gasteiger partial charge in [-0.1, -0.05) is 0 Å². The van der Waals surface area contributed by atoms with Crippen molar-refractivity contribution in [2.75, 3.05) is 32.8 Å². The number of fused-ring (bicyclic) bond motifs is 1. The van der Waals surface area contributed by atoms with Crippen LogP contribution in [0.25, 0.3) is 0 Å². The van der Waals surface area contributed by atoms with Crippen molar-refractivity contribution in [1.29, 1.82) is 0 Å². The number of likely N-dealkylation sites (tertiary alicyclic amines) is 2. The lowest BCUT2D eigenvalue weighted by Crippen LogP contribution is -2.36. The van der Waals surface area contributed by atoms with E-state index in [0.717, 1.165) is 25.1 Å². The third kappa shape index (κ3) is 5.52. The molecule has 4 rings (SSSR count). The number of nitrogens with zero attached hydrogens (tertiary/aromatic N) is 3. The van der Waals surface area contributed by atoms with E-state index < -0.39 is 12.1 Å². The molecular formula is C20H24F3N3O5. The Labute approximate surface area is 177 Å². The van der Waals surface area contributed by atoms with E-state index in [2.05, 4.69) is 4.98 Å². The smallest absolute Gasteiger partial charge is 0.475 e. The van der Waals surface area contributed by atoms with Crippen molar-refractivity contribution < 1.29 is 37.4 Å². The number of halogens is 3. The number of hydrogen-bond donors (Lipinski definition) is 1. The molecule has 4 heterocycles. The molecule has 3 aliphatic heterocycles. The highest BCUT2D eigenvalue weighted by atomic mass is 19.4. The van der Waals surface area contributed by atoms with Crippen molar-refractivity contribution in [3.63, 3.8) is 0 Å². The summed E-state index contributed by atoms with van der Waals surface area (Å²) < 4.78 is 37.7. The second-order valence-electron chi connectivity index (χ2n) is 8.00. The van der Waals surface area contributed by atoms with E-state index in [0.29, 0.717) is 43.5 Å². The highest BCUT2D eigenvalue weighted by Crippen LogP contribution is 2.35. The summed E-state index contributed by atoms with van der Waals surface area (Å²) in [7, 11) is 0. The van der Waals surface area contributed by atoms with Crippen LogP contribution in [0.15, 0.2) is 18.5 Å². The van der Waals surface area contributed by atoms with Gasteiger partial charge in [-0.15, -0.1) is 0 Å². The van der Waals surface area contributed by atoms with Gasteiger partial charge in [0.15, 0.2) is 0 Å². The minimum absolute atomic E-state index is 0.0280. The minimum atomic E-state index is -5.08. The molecule has 0 spiro atoms. The van der Waals surface area contributed by atoms with Gasteiger partial charge in [0.1, 0.15) is 0 Å². The Balaban J connectivity index is 0.000000339. The molecule has 0 aromatic carbocycles. The Morgan fingerprint density at radius 3 is 2.58 bits per heavy atom. The standard InChI is InChI=1S/C18H23N3O3.C2HF3O2/c1-12-5-13(7-19-6-12)18(23)21-9-15-14(11-24-16(15)10-21)8-20-4-2-3-17(20)22;3-2(4,5)1(6)7/h5-7,14-16H,2-4,8-11H2,1H3;(H,6,7)/t14-,15-,16-;/m1./s1. The Morgan fingerprint density at radius 2 is 2.00 bits per heavy atom. The molecule has 170 valence electrons. The van der Waals surface area contributed by atoms with Crippen LogP contribution in [0.3, 0.4) is 0 Å². The van der Waals surface area contributed by atoms with E-state index >= 15 is 0 Å². The van der Waals surface area contributed by atoms with Gasteiger partial charge >= 0.3 is 12.1 Å². The van der Waals surface area contributed by atoms with E-state index in [1.807, 2.05) is 22.8 Å². The number of rotatable bonds is 3. The highest BCUT2D eigenvalue weighted by molar-refractivity contribution is 5.94. The van der Waals surface area contributed by atoms with Gasteiger partial charge in [-0.05, 0) is 25.0 Å². The number of ether oxygens (including phenoxy) is 1. The third-order valence-electron chi connectivity index (χ3n) is 5.72. The minimum Gasteiger partial charge on any atom is -0.475 e. The maximum absolute atomic E-state index is 12.7. The summed E-state index contributed by atoms with van der Waals surface area (Å²) in [4.78, 5) is 41.4. The fraction of sp³-hybridized carbons (Fsp3) is 0.600. The zero-order valence-electron chi connectivity index (χ0n) is 17.0. The first-order valence-corrected chi connectivity index (χ1v) is 9.96. The first-order chi connectivity index (χ1) is 14.6. The van der Waals surface area contributed by atoms with Crippen LogP contribution in [-0.4, -0.2) is 82.7 Å². The number of pyridine rings is 1. The first-order valence-electron chi connectivity index (χ1n) is 9.96. The fourth-order valence-corrected chi connectivity index (χ4v) is 4.19. The molecule has 0 unspecified atom stereocenters. The van der Waals surface area contributed by atoms with Crippen LogP contribution in [-0.2, 0) is 14.3 Å². The maximum atomic E-state index is 12.7. The average Bonchev–Trinajstić information content (AvgIpc) is 3.39. The van der Waals surface area contributed by atoms with Gasteiger partial charge in [0.2, 0.25) is 5.91 Å². The summed E-state index contributed by atoms with van der Waals surface area (Å²) in [5.41, 5.74) is 1.63. The van der Waals surface area contributed by atoms with Crippen molar-refractivity contribution in [1.82, 2.24) is 14.8 Å². The lowest BCUT2D eigenvalue weighted by Gasteiger charge is -2.24. The van der Waals surface area contributed by atoms with Crippen LogP contribution in [0.1, 0.15) is 28.8 Å². The number of hydrogen-bond acceptors (Lipinski definition) is 5. The predicted octanol–water partition coefficient (Wildman–Crippen LogP) is 1.73. The topological polar surface area (TPSA) is 100 Å². The van der Waals surface area contributed by atoms with Crippen molar-refractivity contribution >= 4 is 17.8 Å². The number of carboxylic acids is 1. The Hall–Kier alpha value is -2.69. The molecule has 1 N–H and O–H groups in total. The molecule has 0 bridgehead atoms. The summed E-state index contributed by atoms with van der Waals surface area (Å²) in [5.74, 6) is -1.80. The Morgan fingerprint density at radius 1 is 1.29 bits per heavy atom. The number of alkyl halides is 3. The number of amides is 2. The summed E-state index contributed by atoms with van der Waals surface area (Å²) in [6.07, 6.45) is 0.0410. The van der Waals surface area contributed by atoms with Gasteiger partial charge in [0.05, 0.1) is 18.3 Å². The average molecular weight is 443 g/mol. The predicted molar refractivity (Wildman–Crippen MR) is 101 cm³/mol. The van der Waals surface area contributed by atoms with Crippen molar-refractivity contribution in [2.45, 2.75) is 32.0 Å². The SMILES string of the molecule is Cc1cncc(C(=O)N2C[C@@H]3[C@H](CN4CCCC4=O)CO[C@@H]3C2)c1.O=C(O)C(F)(F)F. The summed E-state index contributed by atoms with van der Waals surface area (Å²) in [6.45, 7) is 5.63. The highest BCUT2D eigenvalue weighted by Gasteiger charge is 2.46. The quantitative estimate of drug-likeness (QED) is 0.764. The Bertz CT molecular complexity index is 848. The van der Waals surface area contributed by atoms with E-state index in [9.17, 15) is 22.8 Å². The second-order valence-corrected chi connectivity index (χ2v) is 8.00. The molecule has 1 aromatic heterocycles. The van der Waals surface area contributed by atoms with E-state index in [1.54, 1.807) is 12.4 Å². The fourth-order valence-electron chi connectivity index (χ4n) is 4.19. The summed E-state index contributed by atoms with van der Waals surface area (Å²) in [5, 5.41) is 7.12. The van der Waals surface area contributed by atoms with Crippen LogP contribution in [0.4, 0.5) is 13.2 Å². The maximum Gasteiger partial charge on any atom is 0.490 e. The van der Waals surface area contributed by atoms with Crippen LogP contribution < -0.4 is 0 Å². The molecule has 11 heteroatoms. The number of aromatic nitrogens is 1. The lowest BCUT2D eigenvalue weighted by atomic mass is 9.93. The van der Waals surface area contributed by atoms with Crippen LogP contribution >= 0.6 is 0 Å². The number of aryl methyl sites for hydroxylation is 1. The molecule has 3 atom stereocenters. The molecule has 3 fully saturated rings. The zero-order valence-corrected chi connectivity index (χ0v) is 17.0. The van der Waals surface area contributed by atoms with Gasteiger partial charge in [0.25, 0.3) is 5.91 Å². The summed E-state index contributed by atoms with van der Waals surface area (Å²) >= 11 is 0. The summed E-state index contributed by atoms with van der Waals surface area (Å²) in [6, 6.07) is 1.88. The van der Waals surface area contributed by atoms with Crippen molar-refractivity contribution in [3.05, 3.63) is 29.6 Å². The molecule has 3 aliphatic rings. The third-order valence-corrected chi connectivity index (χ3v) is 5.72. The van der Waals surface area contributed by atoms with Gasteiger partial charge in [-0.2, -0.15) is 13.2 Å². The van der Waals surface area contributed by atoms with E-state index in [1.165, 1.54) is 0 Å². The zero-order chi connectivity index (χ0) is 22.8. The van der Waals surface area contributed by atoms with Crippen LogP contribution in [0, 0.1) is 18.8 Å². The molecule has 31 heavy (non-hydrogen) atoms. The lowest BCUT2D eigenvalue weighted by molar-refractivity contribution is -0.192. The van der Waals surface area contributed by atoms with Crippen molar-refractivity contribution in [3.8, 4) is 0 Å². The molecular weight excluding hydrogens is 419 g/mol. The second kappa shape index (κ2) is 9.21. The molecule has 1 aromatic rings. The van der Waals surface area contributed by atoms with E-state index in [-0.39, 0.29) is 17.9 Å². The monoisotopic (exact) mass is 443 g/mol. The first kappa shape index (κ1) is 23.0. The number of carbonyl (C=O) groups excluding carboxylic acids is 2. The van der Waals surface area contributed by atoms with Gasteiger partial charge in [0, 0.05) is 56.8 Å². The Kier molecular flexibility index (Phi) is 6.83. The molecule has 3 saturated heterocycles. The van der Waals surface area contributed by atoms with Gasteiger partial charge in [-0.3, -0.25) is 14.6 Å². The molecule has 8 nitrogen and oxygen atoms in total. The number of aliphatic carboxylic acids is 1. The number of carbonyl (C=O) groups is 3. The molecule has 2 amide bonds. The number of carboxylic acid groups (broad SMARTS) is 1. The van der Waals surface area contributed by atoms with Gasteiger partial charge < -0.3 is 19.6 Å². The largest absolute Gasteiger partial charge is 0.490 e. The van der Waals surface area contributed by atoms with E-state index in [4.69, 9.17) is 14.6 Å². The normalized spacial score (nSPS) is 25.3. The van der Waals surface area contributed by atoms with Crippen LogP contribution in [0.2, 0.25) is 0 Å².